The van der Waals surface area contributed by atoms with Crippen molar-refractivity contribution in [1.82, 2.24) is 15.1 Å². The third-order valence-electron chi connectivity index (χ3n) is 7.30. The summed E-state index contributed by atoms with van der Waals surface area (Å²) < 4.78 is 5.60. The van der Waals surface area contributed by atoms with Gasteiger partial charge in [-0.15, -0.1) is 0 Å². The van der Waals surface area contributed by atoms with Gasteiger partial charge in [-0.05, 0) is 43.7 Å². The molecule has 1 atom stereocenters. The molecule has 1 saturated heterocycles. The number of amides is 3. The molecule has 2 heterocycles. The van der Waals surface area contributed by atoms with Gasteiger partial charge in [0.25, 0.3) is 0 Å². The Morgan fingerprint density at radius 3 is 2.53 bits per heavy atom. The van der Waals surface area contributed by atoms with Crippen LogP contribution < -0.4 is 10.6 Å². The number of hydrogen-bond acceptors (Lipinski definition) is 5. The average Bonchev–Trinajstić information content (AvgIpc) is 3.12. The molecule has 4 rings (SSSR count). The zero-order valence-corrected chi connectivity index (χ0v) is 23.4. The molecule has 0 saturated carbocycles. The second kappa shape index (κ2) is 11.9. The van der Waals surface area contributed by atoms with Crippen LogP contribution in [0.3, 0.4) is 0 Å². The Bertz CT molecular complexity index is 1200. The van der Waals surface area contributed by atoms with E-state index in [1.807, 2.05) is 38.1 Å². The molecule has 0 aliphatic carbocycles. The van der Waals surface area contributed by atoms with Gasteiger partial charge in [-0.25, -0.2) is 4.79 Å². The molecule has 2 aliphatic heterocycles. The Hall–Kier alpha value is -2.81. The number of piperidine rings is 1. The Labute approximate surface area is 233 Å². The lowest BCUT2D eigenvalue weighted by Gasteiger charge is -2.42. The van der Waals surface area contributed by atoms with E-state index < -0.39 is 11.6 Å². The maximum Gasteiger partial charge on any atom is 0.407 e. The highest BCUT2D eigenvalue weighted by Gasteiger charge is 2.52. The third-order valence-corrected chi connectivity index (χ3v) is 7.77. The van der Waals surface area contributed by atoms with Crippen molar-refractivity contribution in [2.45, 2.75) is 57.7 Å². The largest absolute Gasteiger partial charge is 0.446 e. The summed E-state index contributed by atoms with van der Waals surface area (Å²) in [7, 11) is 0. The van der Waals surface area contributed by atoms with Gasteiger partial charge in [-0.2, -0.15) is 0 Å². The summed E-state index contributed by atoms with van der Waals surface area (Å²) in [6.07, 6.45) is 0.909. The van der Waals surface area contributed by atoms with Crippen molar-refractivity contribution in [2.24, 2.45) is 0 Å². The van der Waals surface area contributed by atoms with Gasteiger partial charge in [-0.1, -0.05) is 41.4 Å². The number of anilines is 1. The first-order chi connectivity index (χ1) is 18.1. The highest BCUT2D eigenvalue weighted by Crippen LogP contribution is 2.45. The van der Waals surface area contributed by atoms with E-state index in [0.717, 1.165) is 11.1 Å². The smallest absolute Gasteiger partial charge is 0.407 e. The SMILES string of the molecule is CC(=O)N1CCC(OC(=O)NCCN(C(C)C)C2(Cc3cccc(Cl)c3)C(=O)Nc3cc(Cl)ccc32)CC1. The number of hydrogen-bond donors (Lipinski definition) is 2. The Morgan fingerprint density at radius 2 is 1.87 bits per heavy atom. The third kappa shape index (κ3) is 6.08. The summed E-state index contributed by atoms with van der Waals surface area (Å²) in [6.45, 7) is 7.47. The van der Waals surface area contributed by atoms with Crippen LogP contribution in [0.25, 0.3) is 0 Å². The monoisotopic (exact) mass is 560 g/mol. The summed E-state index contributed by atoms with van der Waals surface area (Å²) in [5, 5.41) is 7.02. The van der Waals surface area contributed by atoms with Crippen LogP contribution in [0.5, 0.6) is 0 Å². The van der Waals surface area contributed by atoms with Crippen molar-refractivity contribution in [3.8, 4) is 0 Å². The van der Waals surface area contributed by atoms with Crippen molar-refractivity contribution in [2.75, 3.05) is 31.5 Å². The fourth-order valence-electron chi connectivity index (χ4n) is 5.48. The number of nitrogens with zero attached hydrogens (tertiary/aromatic N) is 2. The zero-order valence-electron chi connectivity index (χ0n) is 21.9. The van der Waals surface area contributed by atoms with Gasteiger partial charge < -0.3 is 20.3 Å². The Balaban J connectivity index is 1.50. The summed E-state index contributed by atoms with van der Waals surface area (Å²) >= 11 is 12.5. The van der Waals surface area contributed by atoms with Crippen molar-refractivity contribution < 1.29 is 19.1 Å². The molecule has 10 heteroatoms. The van der Waals surface area contributed by atoms with Crippen LogP contribution in [0.15, 0.2) is 42.5 Å². The van der Waals surface area contributed by atoms with Crippen molar-refractivity contribution in [3.05, 3.63) is 63.6 Å². The summed E-state index contributed by atoms with van der Waals surface area (Å²) in [5.41, 5.74) is 1.41. The highest BCUT2D eigenvalue weighted by molar-refractivity contribution is 6.31. The van der Waals surface area contributed by atoms with E-state index >= 15 is 0 Å². The first kappa shape index (κ1) is 28.2. The summed E-state index contributed by atoms with van der Waals surface area (Å²) in [5.74, 6) is -0.114. The van der Waals surface area contributed by atoms with Crippen molar-refractivity contribution >= 4 is 46.8 Å². The number of alkyl carbamates (subject to hydrolysis) is 1. The second-order valence-electron chi connectivity index (χ2n) is 10.1. The lowest BCUT2D eigenvalue weighted by atomic mass is 9.82. The van der Waals surface area contributed by atoms with E-state index in [1.165, 1.54) is 0 Å². The number of ether oxygens (including phenoxy) is 1. The zero-order chi connectivity index (χ0) is 27.4. The number of halogens is 2. The molecule has 38 heavy (non-hydrogen) atoms. The van der Waals surface area contributed by atoms with Gasteiger partial charge in [0, 0.05) is 79.7 Å². The number of likely N-dealkylation sites (tertiary alicyclic amines) is 1. The van der Waals surface area contributed by atoms with Crippen LogP contribution in [0.2, 0.25) is 10.0 Å². The van der Waals surface area contributed by atoms with Crippen LogP contribution in [0.1, 0.15) is 44.7 Å². The number of nitrogens with one attached hydrogen (secondary N) is 2. The lowest BCUT2D eigenvalue weighted by molar-refractivity contribution is -0.131. The molecule has 2 aliphatic rings. The molecule has 0 aromatic heterocycles. The minimum absolute atomic E-state index is 0.0321. The number of carbonyl (C=O) groups excluding carboxylic acids is 3. The van der Waals surface area contributed by atoms with Crippen LogP contribution in [-0.4, -0.2) is 66.0 Å². The van der Waals surface area contributed by atoms with Crippen molar-refractivity contribution in [3.63, 3.8) is 0 Å². The van der Waals surface area contributed by atoms with Crippen LogP contribution >= 0.6 is 23.2 Å². The average molecular weight is 562 g/mol. The number of benzene rings is 2. The summed E-state index contributed by atoms with van der Waals surface area (Å²) in [6, 6.07) is 12.9. The minimum Gasteiger partial charge on any atom is -0.446 e. The van der Waals surface area contributed by atoms with Crippen LogP contribution in [-0.2, 0) is 26.3 Å². The number of fused-ring (bicyclic) bond motifs is 1. The predicted molar refractivity (Wildman–Crippen MR) is 149 cm³/mol. The van der Waals surface area contributed by atoms with E-state index in [1.54, 1.807) is 30.0 Å². The van der Waals surface area contributed by atoms with Gasteiger partial charge >= 0.3 is 6.09 Å². The fraction of sp³-hybridized carbons (Fsp3) is 0.464. The molecule has 0 bridgehead atoms. The van der Waals surface area contributed by atoms with E-state index in [4.69, 9.17) is 27.9 Å². The molecule has 3 amide bonds. The Kier molecular flexibility index (Phi) is 8.85. The molecule has 1 fully saturated rings. The molecular formula is C28H34Cl2N4O4. The highest BCUT2D eigenvalue weighted by atomic mass is 35.5. The quantitative estimate of drug-likeness (QED) is 0.482. The predicted octanol–water partition coefficient (Wildman–Crippen LogP) is 4.83. The van der Waals surface area contributed by atoms with Gasteiger partial charge in [-0.3, -0.25) is 14.5 Å². The molecule has 0 radical (unpaired) electrons. The maximum atomic E-state index is 13.8. The van der Waals surface area contributed by atoms with Gasteiger partial charge in [0.05, 0.1) is 0 Å². The van der Waals surface area contributed by atoms with Gasteiger partial charge in [0.15, 0.2) is 0 Å². The van der Waals surface area contributed by atoms with Crippen molar-refractivity contribution in [1.29, 1.82) is 0 Å². The number of rotatable bonds is 8. The van der Waals surface area contributed by atoms with Gasteiger partial charge in [0.2, 0.25) is 11.8 Å². The van der Waals surface area contributed by atoms with Crippen LogP contribution in [0, 0.1) is 0 Å². The molecule has 204 valence electrons. The van der Waals surface area contributed by atoms with E-state index in [2.05, 4.69) is 15.5 Å². The molecular weight excluding hydrogens is 527 g/mol. The molecule has 2 N–H and O–H groups in total. The molecule has 2 aromatic carbocycles. The van der Waals surface area contributed by atoms with Crippen LogP contribution in [0.4, 0.5) is 10.5 Å². The summed E-state index contributed by atoms with van der Waals surface area (Å²) in [4.78, 5) is 41.7. The van der Waals surface area contributed by atoms with Gasteiger partial charge in [0.1, 0.15) is 11.6 Å². The maximum absolute atomic E-state index is 13.8. The van der Waals surface area contributed by atoms with E-state index in [0.29, 0.717) is 54.6 Å². The molecule has 1 unspecified atom stereocenters. The molecule has 8 nitrogen and oxygen atoms in total. The Morgan fingerprint density at radius 1 is 1.16 bits per heavy atom. The molecule has 0 spiro atoms. The number of carbonyl (C=O) groups is 3. The standard InChI is InChI=1S/C28H34Cl2N4O4/c1-18(2)34(14-11-31-27(37)38-23-9-12-33(13-10-23)19(3)35)28(17-20-5-4-6-21(29)15-20)24-8-7-22(30)16-25(24)32-26(28)36/h4-8,15-16,18,23H,9-14,17H2,1-3H3,(H,31,37)(H,32,36). The minimum atomic E-state index is -1.02. The first-order valence-electron chi connectivity index (χ1n) is 12.9. The fourth-order valence-corrected chi connectivity index (χ4v) is 5.87. The second-order valence-corrected chi connectivity index (χ2v) is 11.0. The lowest BCUT2D eigenvalue weighted by Crippen LogP contribution is -2.57. The molecule has 2 aromatic rings. The normalized spacial score (nSPS) is 19.4. The topological polar surface area (TPSA) is 91.0 Å². The van der Waals surface area contributed by atoms with E-state index in [-0.39, 0.29) is 30.5 Å². The first-order valence-corrected chi connectivity index (χ1v) is 13.7. The van der Waals surface area contributed by atoms with E-state index in [9.17, 15) is 14.4 Å².